The van der Waals surface area contributed by atoms with Crippen molar-refractivity contribution >= 4 is 5.91 Å². The van der Waals surface area contributed by atoms with Crippen molar-refractivity contribution in [3.05, 3.63) is 0 Å². The maximum absolute atomic E-state index is 11.2. The Morgan fingerprint density at radius 1 is 1.57 bits per heavy atom. The predicted molar refractivity (Wildman–Crippen MR) is 58.2 cm³/mol. The highest BCUT2D eigenvalue weighted by atomic mass is 16.2. The van der Waals surface area contributed by atoms with E-state index >= 15 is 0 Å². The normalized spacial score (nSPS) is 22.4. The summed E-state index contributed by atoms with van der Waals surface area (Å²) in [5, 5.41) is 0. The van der Waals surface area contributed by atoms with Crippen LogP contribution in [-0.4, -0.2) is 47.4 Å². The van der Waals surface area contributed by atoms with Crippen LogP contribution in [0.15, 0.2) is 0 Å². The van der Waals surface area contributed by atoms with Gasteiger partial charge in [-0.3, -0.25) is 9.69 Å². The van der Waals surface area contributed by atoms with E-state index in [1.54, 1.807) is 6.92 Å². The molecule has 3 heteroatoms. The largest absolute Gasteiger partial charge is 0.341 e. The van der Waals surface area contributed by atoms with Crippen LogP contribution in [0.3, 0.4) is 0 Å². The highest BCUT2D eigenvalue weighted by molar-refractivity contribution is 5.73. The molecule has 0 aromatic rings. The van der Waals surface area contributed by atoms with Gasteiger partial charge in [0, 0.05) is 32.1 Å². The van der Waals surface area contributed by atoms with Crippen molar-refractivity contribution < 1.29 is 4.79 Å². The molecule has 0 N–H and O–H groups in total. The first kappa shape index (κ1) is 11.5. The van der Waals surface area contributed by atoms with Gasteiger partial charge in [0.25, 0.3) is 0 Å². The number of rotatable bonds is 3. The monoisotopic (exact) mass is 198 g/mol. The minimum Gasteiger partial charge on any atom is -0.341 e. The van der Waals surface area contributed by atoms with E-state index in [0.29, 0.717) is 12.1 Å². The van der Waals surface area contributed by atoms with Crippen LogP contribution in [0.2, 0.25) is 0 Å². The number of carbonyl (C=O) groups excluding carboxylic acids is 1. The Morgan fingerprint density at radius 3 is 2.57 bits per heavy atom. The lowest BCUT2D eigenvalue weighted by atomic mass is 10.2. The molecular weight excluding hydrogens is 176 g/mol. The van der Waals surface area contributed by atoms with Crippen molar-refractivity contribution in [2.45, 2.75) is 46.2 Å². The summed E-state index contributed by atoms with van der Waals surface area (Å²) in [5.74, 6) is 0.215. The summed E-state index contributed by atoms with van der Waals surface area (Å²) < 4.78 is 0. The molecule has 1 heterocycles. The number of hydrogen-bond acceptors (Lipinski definition) is 2. The lowest BCUT2D eigenvalue weighted by Crippen LogP contribution is -2.42. The summed E-state index contributed by atoms with van der Waals surface area (Å²) in [4.78, 5) is 15.6. The fraction of sp³-hybridized carbons (Fsp3) is 0.909. The molecule has 3 nitrogen and oxygen atoms in total. The highest BCUT2D eigenvalue weighted by Crippen LogP contribution is 2.17. The minimum atomic E-state index is 0.215. The van der Waals surface area contributed by atoms with Gasteiger partial charge in [0.2, 0.25) is 5.91 Å². The lowest BCUT2D eigenvalue weighted by Gasteiger charge is -2.31. The highest BCUT2D eigenvalue weighted by Gasteiger charge is 2.29. The Balaban J connectivity index is 2.51. The van der Waals surface area contributed by atoms with Crippen molar-refractivity contribution in [1.29, 1.82) is 0 Å². The Morgan fingerprint density at radius 2 is 2.21 bits per heavy atom. The molecule has 1 unspecified atom stereocenters. The standard InChI is InChI=1S/C11H22N2O/c1-5-13(9(2)3)11-6-7-12(8-11)10(4)14/h9,11H,5-8H2,1-4H3. The van der Waals surface area contributed by atoms with Crippen molar-refractivity contribution in [1.82, 2.24) is 9.80 Å². The zero-order chi connectivity index (χ0) is 10.7. The number of carbonyl (C=O) groups is 1. The molecule has 1 fully saturated rings. The molecule has 1 amide bonds. The van der Waals surface area contributed by atoms with Crippen LogP contribution < -0.4 is 0 Å². The molecule has 0 bridgehead atoms. The Kier molecular flexibility index (Phi) is 3.93. The molecule has 0 radical (unpaired) electrons. The second-order valence-corrected chi connectivity index (χ2v) is 4.33. The van der Waals surface area contributed by atoms with Crippen molar-refractivity contribution in [2.24, 2.45) is 0 Å². The van der Waals surface area contributed by atoms with Gasteiger partial charge in [0.05, 0.1) is 0 Å². The van der Waals surface area contributed by atoms with Crippen LogP contribution in [0.4, 0.5) is 0 Å². The van der Waals surface area contributed by atoms with Gasteiger partial charge >= 0.3 is 0 Å². The van der Waals surface area contributed by atoms with Crippen LogP contribution in [0.5, 0.6) is 0 Å². The molecule has 0 spiro atoms. The van der Waals surface area contributed by atoms with E-state index in [1.807, 2.05) is 4.90 Å². The molecule has 1 aliphatic rings. The third-order valence-electron chi connectivity index (χ3n) is 3.11. The fourth-order valence-electron chi connectivity index (χ4n) is 2.34. The molecule has 1 saturated heterocycles. The molecule has 0 aromatic heterocycles. The fourth-order valence-corrected chi connectivity index (χ4v) is 2.34. The van der Waals surface area contributed by atoms with E-state index in [-0.39, 0.29) is 5.91 Å². The molecule has 1 atom stereocenters. The number of nitrogens with zero attached hydrogens (tertiary/aromatic N) is 2. The van der Waals surface area contributed by atoms with Crippen LogP contribution >= 0.6 is 0 Å². The average Bonchev–Trinajstić information content (AvgIpc) is 2.53. The predicted octanol–water partition coefficient (Wildman–Crippen LogP) is 1.34. The van der Waals surface area contributed by atoms with Gasteiger partial charge in [-0.1, -0.05) is 6.92 Å². The zero-order valence-electron chi connectivity index (χ0n) is 9.79. The molecule has 0 aliphatic carbocycles. The van der Waals surface area contributed by atoms with E-state index < -0.39 is 0 Å². The summed E-state index contributed by atoms with van der Waals surface area (Å²) in [7, 11) is 0. The van der Waals surface area contributed by atoms with Gasteiger partial charge in [-0.25, -0.2) is 0 Å². The number of likely N-dealkylation sites (tertiary alicyclic amines) is 1. The molecule has 0 saturated carbocycles. The van der Waals surface area contributed by atoms with Gasteiger partial charge in [-0.15, -0.1) is 0 Å². The summed E-state index contributed by atoms with van der Waals surface area (Å²) in [6.45, 7) is 11.2. The maximum Gasteiger partial charge on any atom is 0.219 e. The third-order valence-corrected chi connectivity index (χ3v) is 3.11. The third kappa shape index (κ3) is 2.47. The summed E-state index contributed by atoms with van der Waals surface area (Å²) in [5.41, 5.74) is 0. The zero-order valence-corrected chi connectivity index (χ0v) is 9.79. The van der Waals surface area contributed by atoms with Crippen LogP contribution in [0.1, 0.15) is 34.1 Å². The first-order valence-corrected chi connectivity index (χ1v) is 5.57. The van der Waals surface area contributed by atoms with E-state index in [0.717, 1.165) is 26.1 Å². The first-order valence-electron chi connectivity index (χ1n) is 5.57. The quantitative estimate of drug-likeness (QED) is 0.683. The van der Waals surface area contributed by atoms with Gasteiger partial charge in [-0.2, -0.15) is 0 Å². The molecule has 1 rings (SSSR count). The molecule has 14 heavy (non-hydrogen) atoms. The number of likely N-dealkylation sites (N-methyl/N-ethyl adjacent to an activating group) is 1. The van der Waals surface area contributed by atoms with E-state index in [4.69, 9.17) is 0 Å². The van der Waals surface area contributed by atoms with Crippen LogP contribution in [0.25, 0.3) is 0 Å². The van der Waals surface area contributed by atoms with Gasteiger partial charge < -0.3 is 4.90 Å². The minimum absolute atomic E-state index is 0.215. The number of amides is 1. The summed E-state index contributed by atoms with van der Waals surface area (Å²) >= 11 is 0. The van der Waals surface area contributed by atoms with Crippen molar-refractivity contribution in [3.63, 3.8) is 0 Å². The molecule has 1 aliphatic heterocycles. The second-order valence-electron chi connectivity index (χ2n) is 4.33. The topological polar surface area (TPSA) is 23.6 Å². The SMILES string of the molecule is CCN(C(C)C)C1CCN(C(C)=O)C1. The lowest BCUT2D eigenvalue weighted by molar-refractivity contribution is -0.128. The first-order chi connectivity index (χ1) is 6.56. The van der Waals surface area contributed by atoms with Crippen molar-refractivity contribution in [3.8, 4) is 0 Å². The molecule has 82 valence electrons. The second kappa shape index (κ2) is 4.78. The maximum atomic E-state index is 11.2. The average molecular weight is 198 g/mol. The van der Waals surface area contributed by atoms with Gasteiger partial charge in [-0.05, 0) is 26.8 Å². The van der Waals surface area contributed by atoms with E-state index in [9.17, 15) is 4.79 Å². The number of hydrogen-bond donors (Lipinski definition) is 0. The Hall–Kier alpha value is -0.570. The van der Waals surface area contributed by atoms with Crippen LogP contribution in [0, 0.1) is 0 Å². The van der Waals surface area contributed by atoms with E-state index in [2.05, 4.69) is 25.7 Å². The smallest absolute Gasteiger partial charge is 0.219 e. The van der Waals surface area contributed by atoms with Gasteiger partial charge in [0.15, 0.2) is 0 Å². The van der Waals surface area contributed by atoms with E-state index in [1.165, 1.54) is 0 Å². The molecule has 0 aromatic carbocycles. The summed E-state index contributed by atoms with van der Waals surface area (Å²) in [6, 6.07) is 1.15. The van der Waals surface area contributed by atoms with Crippen molar-refractivity contribution in [2.75, 3.05) is 19.6 Å². The van der Waals surface area contributed by atoms with Crippen LogP contribution in [-0.2, 0) is 4.79 Å². The Bertz CT molecular complexity index is 203. The Labute approximate surface area is 87.1 Å². The molecular formula is C11H22N2O. The summed E-state index contributed by atoms with van der Waals surface area (Å²) in [6.07, 6.45) is 1.13. The van der Waals surface area contributed by atoms with Gasteiger partial charge in [0.1, 0.15) is 0 Å².